The highest BCUT2D eigenvalue weighted by Crippen LogP contribution is 2.28. The van der Waals surface area contributed by atoms with Crippen LogP contribution in [-0.2, 0) is 17.8 Å². The molecule has 17 heavy (non-hydrogen) atoms. The van der Waals surface area contributed by atoms with E-state index in [1.54, 1.807) is 4.90 Å². The van der Waals surface area contributed by atoms with Crippen LogP contribution in [0.3, 0.4) is 0 Å². The molecule has 0 saturated heterocycles. The Bertz CT molecular complexity index is 431. The Morgan fingerprint density at radius 3 is 2.94 bits per heavy atom. The molecule has 0 aromatic heterocycles. The smallest absolute Gasteiger partial charge is 0.231 e. The van der Waals surface area contributed by atoms with Crippen LogP contribution in [0.5, 0.6) is 0 Å². The molecule has 0 spiro atoms. The van der Waals surface area contributed by atoms with Gasteiger partial charge in [0, 0.05) is 25.8 Å². The normalized spacial score (nSPS) is 14.6. The van der Waals surface area contributed by atoms with Crippen molar-refractivity contribution in [3.8, 4) is 0 Å². The van der Waals surface area contributed by atoms with Crippen LogP contribution in [-0.4, -0.2) is 43.2 Å². The summed E-state index contributed by atoms with van der Waals surface area (Å²) in [5, 5.41) is 8.85. The maximum atomic E-state index is 11.5. The molecule has 0 aliphatic carbocycles. The minimum Gasteiger partial charge on any atom is -0.395 e. The summed E-state index contributed by atoms with van der Waals surface area (Å²) < 4.78 is 0. The molecule has 0 unspecified atom stereocenters. The maximum Gasteiger partial charge on any atom is 0.231 e. The number of carbonyl (C=O) groups excluding carboxylic acids is 1. The van der Waals surface area contributed by atoms with Crippen LogP contribution >= 0.6 is 0 Å². The number of hydrogen-bond acceptors (Lipinski definition) is 3. The Kier molecular flexibility index (Phi) is 3.45. The Morgan fingerprint density at radius 2 is 2.24 bits per heavy atom. The second-order valence-corrected chi connectivity index (χ2v) is 4.55. The van der Waals surface area contributed by atoms with Gasteiger partial charge in [0.05, 0.1) is 13.0 Å². The fourth-order valence-electron chi connectivity index (χ4n) is 2.18. The Labute approximate surface area is 101 Å². The predicted molar refractivity (Wildman–Crippen MR) is 67.0 cm³/mol. The van der Waals surface area contributed by atoms with Crippen molar-refractivity contribution in [3.05, 3.63) is 29.3 Å². The number of fused-ring (bicyclic) bond motifs is 1. The number of hydrogen-bond donors (Lipinski definition) is 1. The first kappa shape index (κ1) is 12.1. The minimum absolute atomic E-state index is 0.154. The van der Waals surface area contributed by atoms with Crippen molar-refractivity contribution in [2.75, 3.05) is 32.1 Å². The van der Waals surface area contributed by atoms with E-state index >= 15 is 0 Å². The van der Waals surface area contributed by atoms with Crippen molar-refractivity contribution in [3.63, 3.8) is 0 Å². The highest BCUT2D eigenvalue weighted by atomic mass is 16.3. The molecule has 2 rings (SSSR count). The molecule has 4 nitrogen and oxygen atoms in total. The molecule has 1 amide bonds. The lowest BCUT2D eigenvalue weighted by molar-refractivity contribution is -0.117. The Balaban J connectivity index is 2.13. The first-order valence-corrected chi connectivity index (χ1v) is 5.79. The number of rotatable bonds is 4. The van der Waals surface area contributed by atoms with E-state index in [4.69, 9.17) is 5.11 Å². The lowest BCUT2D eigenvalue weighted by Gasteiger charge is -2.16. The predicted octanol–water partition coefficient (Wildman–Crippen LogP) is 0.630. The first-order chi connectivity index (χ1) is 8.11. The van der Waals surface area contributed by atoms with Crippen LogP contribution in [0.25, 0.3) is 0 Å². The quantitative estimate of drug-likeness (QED) is 0.831. The van der Waals surface area contributed by atoms with Gasteiger partial charge in [0.1, 0.15) is 0 Å². The van der Waals surface area contributed by atoms with E-state index in [2.05, 4.69) is 11.0 Å². The third-order valence-electron chi connectivity index (χ3n) is 3.16. The summed E-state index contributed by atoms with van der Waals surface area (Å²) in [6.45, 7) is 1.63. The zero-order chi connectivity index (χ0) is 12.4. The monoisotopic (exact) mass is 234 g/mol. The van der Waals surface area contributed by atoms with Crippen molar-refractivity contribution in [2.45, 2.75) is 13.0 Å². The van der Waals surface area contributed by atoms with Crippen molar-refractivity contribution in [1.29, 1.82) is 0 Å². The SMILES string of the molecule is CN(CCO)Cc1ccc2c(c1)CC(=O)N2C. The molecule has 4 heteroatoms. The van der Waals surface area contributed by atoms with Crippen molar-refractivity contribution < 1.29 is 9.90 Å². The van der Waals surface area contributed by atoms with Gasteiger partial charge in [-0.05, 0) is 24.2 Å². The summed E-state index contributed by atoms with van der Waals surface area (Å²) in [4.78, 5) is 15.3. The van der Waals surface area contributed by atoms with Gasteiger partial charge in [-0.2, -0.15) is 0 Å². The molecule has 0 fully saturated rings. The molecule has 1 aliphatic heterocycles. The number of benzene rings is 1. The maximum absolute atomic E-state index is 11.5. The van der Waals surface area contributed by atoms with Crippen LogP contribution in [0.15, 0.2) is 18.2 Å². The van der Waals surface area contributed by atoms with Gasteiger partial charge in [-0.1, -0.05) is 12.1 Å². The summed E-state index contributed by atoms with van der Waals surface area (Å²) in [6, 6.07) is 6.13. The highest BCUT2D eigenvalue weighted by Gasteiger charge is 2.23. The number of amides is 1. The summed E-state index contributed by atoms with van der Waals surface area (Å²) in [5.74, 6) is 0.154. The summed E-state index contributed by atoms with van der Waals surface area (Å²) in [5.41, 5.74) is 3.30. The van der Waals surface area contributed by atoms with Crippen molar-refractivity contribution >= 4 is 11.6 Å². The lowest BCUT2D eigenvalue weighted by Crippen LogP contribution is -2.21. The molecule has 1 N–H and O–H groups in total. The van der Waals surface area contributed by atoms with E-state index in [1.807, 2.05) is 26.2 Å². The number of likely N-dealkylation sites (N-methyl/N-ethyl adjacent to an activating group) is 2. The van der Waals surface area contributed by atoms with Crippen LogP contribution in [0, 0.1) is 0 Å². The van der Waals surface area contributed by atoms with E-state index < -0.39 is 0 Å². The van der Waals surface area contributed by atoms with E-state index in [0.717, 1.165) is 17.8 Å². The minimum atomic E-state index is 0.154. The highest BCUT2D eigenvalue weighted by molar-refractivity contribution is 6.00. The fraction of sp³-hybridized carbons (Fsp3) is 0.462. The number of aliphatic hydroxyl groups excluding tert-OH is 1. The van der Waals surface area contributed by atoms with Crippen molar-refractivity contribution in [1.82, 2.24) is 4.90 Å². The molecular weight excluding hydrogens is 216 g/mol. The van der Waals surface area contributed by atoms with Gasteiger partial charge < -0.3 is 10.0 Å². The van der Waals surface area contributed by atoms with Gasteiger partial charge in [0.15, 0.2) is 0 Å². The van der Waals surface area contributed by atoms with Gasteiger partial charge in [0.25, 0.3) is 0 Å². The largest absolute Gasteiger partial charge is 0.395 e. The van der Waals surface area contributed by atoms with Crippen LogP contribution in [0.4, 0.5) is 5.69 Å². The first-order valence-electron chi connectivity index (χ1n) is 5.79. The number of nitrogens with zero attached hydrogens (tertiary/aromatic N) is 2. The Morgan fingerprint density at radius 1 is 1.47 bits per heavy atom. The molecule has 1 heterocycles. The second-order valence-electron chi connectivity index (χ2n) is 4.55. The van der Waals surface area contributed by atoms with Crippen molar-refractivity contribution in [2.24, 2.45) is 0 Å². The molecule has 92 valence electrons. The van der Waals surface area contributed by atoms with Gasteiger partial charge >= 0.3 is 0 Å². The van der Waals surface area contributed by atoms with Gasteiger partial charge in [0.2, 0.25) is 5.91 Å². The zero-order valence-corrected chi connectivity index (χ0v) is 10.3. The molecule has 0 saturated carbocycles. The van der Waals surface area contributed by atoms with E-state index in [1.165, 1.54) is 5.56 Å². The molecule has 1 aliphatic rings. The average Bonchev–Trinajstić information content (AvgIpc) is 2.55. The molecule has 0 atom stereocenters. The summed E-state index contributed by atoms with van der Waals surface area (Å²) in [6.07, 6.45) is 0.503. The van der Waals surface area contributed by atoms with Gasteiger partial charge in [-0.25, -0.2) is 0 Å². The molecule has 0 radical (unpaired) electrons. The van der Waals surface area contributed by atoms with E-state index in [-0.39, 0.29) is 12.5 Å². The summed E-state index contributed by atoms with van der Waals surface area (Å²) in [7, 11) is 3.78. The van der Waals surface area contributed by atoms with E-state index in [9.17, 15) is 4.79 Å². The Hall–Kier alpha value is -1.39. The van der Waals surface area contributed by atoms with Gasteiger partial charge in [-0.15, -0.1) is 0 Å². The molecule has 1 aromatic carbocycles. The zero-order valence-electron chi connectivity index (χ0n) is 10.3. The molecular formula is C13H18N2O2. The third-order valence-corrected chi connectivity index (χ3v) is 3.16. The van der Waals surface area contributed by atoms with Crippen LogP contribution < -0.4 is 4.90 Å². The molecule has 0 bridgehead atoms. The van der Waals surface area contributed by atoms with Gasteiger partial charge in [-0.3, -0.25) is 9.69 Å². The third kappa shape index (κ3) is 2.48. The van der Waals surface area contributed by atoms with E-state index in [0.29, 0.717) is 13.0 Å². The number of carbonyl (C=O) groups is 1. The topological polar surface area (TPSA) is 43.8 Å². The van der Waals surface area contributed by atoms with Crippen LogP contribution in [0.2, 0.25) is 0 Å². The summed E-state index contributed by atoms with van der Waals surface area (Å²) >= 11 is 0. The lowest BCUT2D eigenvalue weighted by atomic mass is 10.1. The number of aliphatic hydroxyl groups is 1. The standard InChI is InChI=1S/C13H18N2O2/c1-14(5-6-16)9-10-3-4-12-11(7-10)8-13(17)15(12)2/h3-4,7,16H,5-6,8-9H2,1-2H3. The van der Waals surface area contributed by atoms with Crippen LogP contribution in [0.1, 0.15) is 11.1 Å². The molecule has 1 aromatic rings. The number of anilines is 1. The second kappa shape index (κ2) is 4.85. The fourth-order valence-corrected chi connectivity index (χ4v) is 2.18. The average molecular weight is 234 g/mol.